The van der Waals surface area contributed by atoms with Crippen LogP contribution in [0.1, 0.15) is 36.0 Å². The largest absolute Gasteiger partial charge is 0.411 e. The summed E-state index contributed by atoms with van der Waals surface area (Å²) >= 11 is 5.62. The van der Waals surface area contributed by atoms with Gasteiger partial charge < -0.3 is 9.77 Å². The molecule has 0 saturated heterocycles. The number of alkyl halides is 1. The molecule has 1 N–H and O–H groups in total. The average molecular weight is 601 g/mol. The van der Waals surface area contributed by atoms with Gasteiger partial charge in [-0.3, -0.25) is 4.79 Å². The van der Waals surface area contributed by atoms with E-state index in [0.717, 1.165) is 16.1 Å². The van der Waals surface area contributed by atoms with Gasteiger partial charge in [-0.2, -0.15) is 0 Å². The van der Waals surface area contributed by atoms with Gasteiger partial charge in [0.25, 0.3) is 5.56 Å². The summed E-state index contributed by atoms with van der Waals surface area (Å²) in [4.78, 5) is 12.2. The van der Waals surface area contributed by atoms with Crippen molar-refractivity contribution in [3.63, 3.8) is 0 Å². The molecule has 0 spiro atoms. The van der Waals surface area contributed by atoms with Gasteiger partial charge in [0.05, 0.1) is 5.71 Å². The van der Waals surface area contributed by atoms with Gasteiger partial charge in [-0.15, -0.1) is 0 Å². The van der Waals surface area contributed by atoms with E-state index in [-0.39, 0.29) is 15.9 Å². The number of halogens is 4. The Morgan fingerprint density at radius 3 is 2.48 bits per heavy atom. The number of oxime groups is 1. The molecule has 162 valence electrons. The predicted octanol–water partition coefficient (Wildman–Crippen LogP) is 6.11. The maximum absolute atomic E-state index is 14.7. The number of hydrogen-bond acceptors (Lipinski definition) is 3. The van der Waals surface area contributed by atoms with Crippen molar-refractivity contribution in [1.82, 2.24) is 4.57 Å². The first-order chi connectivity index (χ1) is 14.8. The lowest BCUT2D eigenvalue weighted by molar-refractivity contribution is 0.317. The normalized spacial score (nSPS) is 13.8. The molecule has 1 unspecified atom stereocenters. The first-order valence-corrected chi connectivity index (χ1v) is 11.6. The van der Waals surface area contributed by atoms with Crippen LogP contribution in [-0.2, 0) is 6.54 Å². The van der Waals surface area contributed by atoms with Crippen LogP contribution in [0.5, 0.6) is 0 Å². The van der Waals surface area contributed by atoms with Gasteiger partial charge in [-0.1, -0.05) is 68.8 Å². The van der Waals surface area contributed by atoms with Crippen LogP contribution >= 0.6 is 38.5 Å². The van der Waals surface area contributed by atoms with Crippen LogP contribution in [0.2, 0.25) is 0 Å². The van der Waals surface area contributed by atoms with E-state index in [1.165, 1.54) is 18.2 Å². The molecule has 2 atom stereocenters. The number of benzene rings is 2. The number of pyridine rings is 1. The van der Waals surface area contributed by atoms with Crippen LogP contribution in [0.4, 0.5) is 8.78 Å². The van der Waals surface area contributed by atoms with Crippen molar-refractivity contribution in [2.24, 2.45) is 5.16 Å². The van der Waals surface area contributed by atoms with Crippen LogP contribution in [-0.4, -0.2) is 19.4 Å². The SMILES string of the molecule is C[C@@H](I)Cn1cc(/C(CC(c2ccc(Br)cc2)c2ccc(F)cc2F)=N/O)ccc1=O. The highest BCUT2D eigenvalue weighted by Gasteiger charge is 2.22. The van der Waals surface area contributed by atoms with E-state index in [1.54, 1.807) is 16.8 Å². The van der Waals surface area contributed by atoms with Gasteiger partial charge in [-0.05, 0) is 35.4 Å². The van der Waals surface area contributed by atoms with E-state index in [0.29, 0.717) is 23.4 Å². The quantitative estimate of drug-likeness (QED) is 0.117. The first kappa shape index (κ1) is 23.6. The summed E-state index contributed by atoms with van der Waals surface area (Å²) in [5.74, 6) is -1.86. The van der Waals surface area contributed by atoms with Crippen LogP contribution in [0, 0.1) is 11.6 Å². The van der Waals surface area contributed by atoms with Crippen molar-refractivity contribution < 1.29 is 14.0 Å². The molecule has 0 aliphatic heterocycles. The molecule has 1 aromatic heterocycles. The zero-order valence-electron chi connectivity index (χ0n) is 16.6. The lowest BCUT2D eigenvalue weighted by Gasteiger charge is -2.20. The molecule has 8 heteroatoms. The summed E-state index contributed by atoms with van der Waals surface area (Å²) < 4.78 is 30.8. The highest BCUT2D eigenvalue weighted by atomic mass is 127. The number of hydrogen-bond donors (Lipinski definition) is 1. The van der Waals surface area contributed by atoms with Crippen LogP contribution < -0.4 is 5.56 Å². The molecule has 0 aliphatic rings. The van der Waals surface area contributed by atoms with Crippen LogP contribution in [0.15, 0.2) is 75.2 Å². The lowest BCUT2D eigenvalue weighted by Crippen LogP contribution is -2.23. The Kier molecular flexibility index (Phi) is 7.99. The second-order valence-electron chi connectivity index (χ2n) is 7.21. The molecular formula is C23H20BrF2IN2O2. The second-order valence-corrected chi connectivity index (χ2v) is 10.3. The van der Waals surface area contributed by atoms with Crippen LogP contribution in [0.3, 0.4) is 0 Å². The van der Waals surface area contributed by atoms with Gasteiger partial charge in [0, 0.05) is 51.2 Å². The molecule has 3 rings (SSSR count). The molecule has 0 saturated carbocycles. The molecule has 1 heterocycles. The van der Waals surface area contributed by atoms with E-state index in [1.807, 2.05) is 31.2 Å². The maximum Gasteiger partial charge on any atom is 0.250 e. The van der Waals surface area contributed by atoms with Crippen molar-refractivity contribution >= 4 is 44.2 Å². The van der Waals surface area contributed by atoms with Crippen molar-refractivity contribution in [3.8, 4) is 0 Å². The minimum Gasteiger partial charge on any atom is -0.411 e. The highest BCUT2D eigenvalue weighted by molar-refractivity contribution is 14.1. The summed E-state index contributed by atoms with van der Waals surface area (Å²) in [5.41, 5.74) is 1.78. The zero-order valence-corrected chi connectivity index (χ0v) is 20.3. The third kappa shape index (κ3) is 6.00. The summed E-state index contributed by atoms with van der Waals surface area (Å²) in [5, 5.41) is 13.2. The van der Waals surface area contributed by atoms with Gasteiger partial charge in [0.15, 0.2) is 0 Å². The molecular weight excluding hydrogens is 581 g/mol. The predicted molar refractivity (Wildman–Crippen MR) is 129 cm³/mol. The van der Waals surface area contributed by atoms with Gasteiger partial charge in [0.1, 0.15) is 11.6 Å². The Hall–Kier alpha value is -2.07. The number of nitrogens with zero attached hydrogens (tertiary/aromatic N) is 2. The molecule has 4 nitrogen and oxygen atoms in total. The Labute approximate surface area is 200 Å². The fraction of sp³-hybridized carbons (Fsp3) is 0.217. The summed E-state index contributed by atoms with van der Waals surface area (Å²) in [6, 6.07) is 13.8. The van der Waals surface area contributed by atoms with E-state index in [4.69, 9.17) is 0 Å². The van der Waals surface area contributed by atoms with Crippen molar-refractivity contribution in [1.29, 1.82) is 0 Å². The molecule has 0 bridgehead atoms. The highest BCUT2D eigenvalue weighted by Crippen LogP contribution is 2.32. The van der Waals surface area contributed by atoms with E-state index in [9.17, 15) is 18.8 Å². The molecule has 31 heavy (non-hydrogen) atoms. The average Bonchev–Trinajstić information content (AvgIpc) is 2.72. The minimum atomic E-state index is -0.672. The summed E-state index contributed by atoms with van der Waals surface area (Å²) in [6.07, 6.45) is 1.80. The Morgan fingerprint density at radius 1 is 1.16 bits per heavy atom. The number of aromatic nitrogens is 1. The van der Waals surface area contributed by atoms with E-state index >= 15 is 0 Å². The molecule has 0 radical (unpaired) electrons. The topological polar surface area (TPSA) is 54.6 Å². The maximum atomic E-state index is 14.7. The standard InChI is InChI=1S/C23H20BrF2IN2O2/c1-14(27)12-29-13-16(4-9-23(29)30)22(28-31)11-20(15-2-5-17(24)6-3-15)19-8-7-18(25)10-21(19)26/h2-10,13-14,20,31H,11-12H2,1H3/b28-22+/t14-,20?/m1/s1. The van der Waals surface area contributed by atoms with Gasteiger partial charge in [-0.25, -0.2) is 8.78 Å². The van der Waals surface area contributed by atoms with E-state index in [2.05, 4.69) is 43.7 Å². The van der Waals surface area contributed by atoms with Gasteiger partial charge >= 0.3 is 0 Å². The fourth-order valence-corrected chi connectivity index (χ4v) is 4.10. The first-order valence-electron chi connectivity index (χ1n) is 9.54. The van der Waals surface area contributed by atoms with Crippen molar-refractivity contribution in [2.45, 2.75) is 29.7 Å². The molecule has 0 amide bonds. The minimum absolute atomic E-state index is 0.151. The van der Waals surface area contributed by atoms with Crippen molar-refractivity contribution in [3.05, 3.63) is 104 Å². The molecule has 3 aromatic rings. The Balaban J connectivity index is 2.04. The Bertz CT molecular complexity index is 1150. The smallest absolute Gasteiger partial charge is 0.250 e. The fourth-order valence-electron chi connectivity index (χ4n) is 3.41. The molecule has 0 aliphatic carbocycles. The lowest BCUT2D eigenvalue weighted by atomic mass is 9.85. The Morgan fingerprint density at radius 2 is 1.87 bits per heavy atom. The van der Waals surface area contributed by atoms with Crippen molar-refractivity contribution in [2.75, 3.05) is 0 Å². The molecule has 0 fully saturated rings. The summed E-state index contributed by atoms with van der Waals surface area (Å²) in [6.45, 7) is 2.50. The summed E-state index contributed by atoms with van der Waals surface area (Å²) in [7, 11) is 0. The third-order valence-corrected chi connectivity index (χ3v) is 5.82. The third-order valence-electron chi connectivity index (χ3n) is 4.89. The zero-order chi connectivity index (χ0) is 22.5. The van der Waals surface area contributed by atoms with Gasteiger partial charge in [0.2, 0.25) is 0 Å². The number of rotatable bonds is 7. The second kappa shape index (κ2) is 10.5. The van der Waals surface area contributed by atoms with Crippen LogP contribution in [0.25, 0.3) is 0 Å². The van der Waals surface area contributed by atoms with E-state index < -0.39 is 17.6 Å². The monoisotopic (exact) mass is 600 g/mol. The molecule has 2 aromatic carbocycles.